The smallest absolute Gasteiger partial charge is 0.410 e. The molecular weight excluding hydrogens is 342 g/mol. The van der Waals surface area contributed by atoms with Gasteiger partial charge in [0.1, 0.15) is 17.3 Å². The van der Waals surface area contributed by atoms with Crippen LogP contribution in [0.15, 0.2) is 24.3 Å². The third kappa shape index (κ3) is 3.49. The number of benzene rings is 1. The van der Waals surface area contributed by atoms with Crippen LogP contribution in [0.4, 0.5) is 10.5 Å². The minimum Gasteiger partial charge on any atom is -0.444 e. The Bertz CT molecular complexity index is 715. The Morgan fingerprint density at radius 2 is 1.70 bits per heavy atom. The van der Waals surface area contributed by atoms with Crippen LogP contribution in [0.3, 0.4) is 0 Å². The molecule has 1 aromatic carbocycles. The number of ether oxygens (including phenoxy) is 1. The molecule has 0 bridgehead atoms. The Labute approximate surface area is 162 Å². The molecule has 1 aromatic rings. The summed E-state index contributed by atoms with van der Waals surface area (Å²) >= 11 is 0. The lowest BCUT2D eigenvalue weighted by Gasteiger charge is -2.44. The summed E-state index contributed by atoms with van der Waals surface area (Å²) in [7, 11) is 1.86. The summed E-state index contributed by atoms with van der Waals surface area (Å²) in [6, 6.07) is 8.32. The summed E-state index contributed by atoms with van der Waals surface area (Å²) in [5.41, 5.74) is 1.13. The molecule has 1 spiro atoms. The molecular formula is C21H31N3O3. The van der Waals surface area contributed by atoms with Gasteiger partial charge in [-0.15, -0.1) is 0 Å². The fraction of sp³-hybridized carbons (Fsp3) is 0.619. The van der Waals surface area contributed by atoms with Crippen LogP contribution in [0.1, 0.15) is 46.1 Å². The molecule has 27 heavy (non-hydrogen) atoms. The zero-order valence-electron chi connectivity index (χ0n) is 17.3. The highest BCUT2D eigenvalue weighted by atomic mass is 16.6. The molecule has 2 amide bonds. The average molecular weight is 373 g/mol. The van der Waals surface area contributed by atoms with Crippen molar-refractivity contribution >= 4 is 17.7 Å². The molecule has 3 rings (SSSR count). The second-order valence-corrected chi connectivity index (χ2v) is 8.75. The van der Waals surface area contributed by atoms with Gasteiger partial charge in [-0.05, 0) is 59.6 Å². The normalized spacial score (nSPS) is 22.5. The Kier molecular flexibility index (Phi) is 4.87. The monoisotopic (exact) mass is 373 g/mol. The van der Waals surface area contributed by atoms with Gasteiger partial charge in [0.25, 0.3) is 0 Å². The quantitative estimate of drug-likeness (QED) is 0.757. The van der Waals surface area contributed by atoms with Crippen LogP contribution in [0.25, 0.3) is 0 Å². The Balaban J connectivity index is 1.84. The zero-order valence-corrected chi connectivity index (χ0v) is 17.3. The predicted octanol–water partition coefficient (Wildman–Crippen LogP) is 3.39. The third-order valence-electron chi connectivity index (χ3n) is 5.67. The number of likely N-dealkylation sites (N-methyl/N-ethyl adjacent to an activating group) is 1. The van der Waals surface area contributed by atoms with Crippen LogP contribution < -0.4 is 4.90 Å². The number of aryl methyl sites for hydroxylation is 1. The summed E-state index contributed by atoms with van der Waals surface area (Å²) in [5, 5.41) is 0. The predicted molar refractivity (Wildman–Crippen MR) is 106 cm³/mol. The highest BCUT2D eigenvalue weighted by Crippen LogP contribution is 2.42. The maximum Gasteiger partial charge on any atom is 0.410 e. The van der Waals surface area contributed by atoms with Crippen LogP contribution in [-0.4, -0.2) is 59.2 Å². The van der Waals surface area contributed by atoms with E-state index in [1.165, 1.54) is 5.56 Å². The summed E-state index contributed by atoms with van der Waals surface area (Å²) in [5.74, 6) is 0.138. The largest absolute Gasteiger partial charge is 0.444 e. The summed E-state index contributed by atoms with van der Waals surface area (Å²) < 4.78 is 5.50. The Morgan fingerprint density at radius 3 is 2.22 bits per heavy atom. The number of carbonyl (C=O) groups excluding carboxylic acids is 2. The van der Waals surface area contributed by atoms with E-state index in [4.69, 9.17) is 4.74 Å². The first-order chi connectivity index (χ1) is 12.5. The van der Waals surface area contributed by atoms with E-state index in [9.17, 15) is 9.59 Å². The SMILES string of the molecule is Cc1ccc(N2C(C)N(C)C(=O)C23CCN(C(=O)OC(C)(C)C)CC3)cc1. The molecule has 2 fully saturated rings. The topological polar surface area (TPSA) is 53.1 Å². The number of hydrogen-bond acceptors (Lipinski definition) is 4. The first-order valence-corrected chi connectivity index (χ1v) is 9.66. The second-order valence-electron chi connectivity index (χ2n) is 8.75. The van der Waals surface area contributed by atoms with Gasteiger partial charge in [0.2, 0.25) is 5.91 Å². The fourth-order valence-electron chi connectivity index (χ4n) is 4.14. The van der Waals surface area contributed by atoms with Crippen LogP contribution in [0.2, 0.25) is 0 Å². The zero-order chi connectivity index (χ0) is 20.0. The van der Waals surface area contributed by atoms with Gasteiger partial charge in [0.15, 0.2) is 0 Å². The molecule has 2 aliphatic heterocycles. The van der Waals surface area contributed by atoms with Crippen molar-refractivity contribution in [3.05, 3.63) is 29.8 Å². The van der Waals surface area contributed by atoms with Crippen molar-refractivity contribution in [2.24, 2.45) is 0 Å². The lowest BCUT2D eigenvalue weighted by molar-refractivity contribution is -0.133. The van der Waals surface area contributed by atoms with E-state index in [0.29, 0.717) is 25.9 Å². The molecule has 2 heterocycles. The standard InChI is InChI=1S/C21H31N3O3/c1-15-7-9-17(10-8-15)24-16(2)22(6)18(25)21(24)11-13-23(14-12-21)19(26)27-20(3,4)5/h7-10,16H,11-14H2,1-6H3. The van der Waals surface area contributed by atoms with Gasteiger partial charge in [-0.25, -0.2) is 4.79 Å². The minimum absolute atomic E-state index is 0.0201. The summed E-state index contributed by atoms with van der Waals surface area (Å²) in [6.07, 6.45) is 0.890. The molecule has 2 aliphatic rings. The van der Waals surface area contributed by atoms with Crippen LogP contribution in [0.5, 0.6) is 0 Å². The molecule has 1 atom stereocenters. The van der Waals surface area contributed by atoms with E-state index in [0.717, 1.165) is 5.69 Å². The molecule has 6 heteroatoms. The molecule has 0 saturated carbocycles. The van der Waals surface area contributed by atoms with Gasteiger partial charge in [-0.2, -0.15) is 0 Å². The second kappa shape index (κ2) is 6.73. The van der Waals surface area contributed by atoms with Gasteiger partial charge in [-0.3, -0.25) is 4.79 Å². The van der Waals surface area contributed by atoms with Crippen LogP contribution in [-0.2, 0) is 9.53 Å². The van der Waals surface area contributed by atoms with Crippen molar-refractivity contribution in [2.45, 2.75) is 64.8 Å². The highest BCUT2D eigenvalue weighted by Gasteiger charge is 2.56. The van der Waals surface area contributed by atoms with Crippen LogP contribution >= 0.6 is 0 Å². The van der Waals surface area contributed by atoms with Crippen molar-refractivity contribution < 1.29 is 14.3 Å². The van der Waals surface area contributed by atoms with E-state index < -0.39 is 11.1 Å². The number of rotatable bonds is 1. The van der Waals surface area contributed by atoms with Crippen molar-refractivity contribution in [3.8, 4) is 0 Å². The maximum atomic E-state index is 13.2. The summed E-state index contributed by atoms with van der Waals surface area (Å²) in [6.45, 7) is 10.8. The summed E-state index contributed by atoms with van der Waals surface area (Å²) in [4.78, 5) is 31.4. The van der Waals surface area contributed by atoms with E-state index in [2.05, 4.69) is 43.0 Å². The number of anilines is 1. The molecule has 0 aliphatic carbocycles. The van der Waals surface area contributed by atoms with Gasteiger partial charge in [0.05, 0.1) is 0 Å². The van der Waals surface area contributed by atoms with Gasteiger partial charge in [-0.1, -0.05) is 17.7 Å². The van der Waals surface area contributed by atoms with Gasteiger partial charge >= 0.3 is 6.09 Å². The third-order valence-corrected chi connectivity index (χ3v) is 5.67. The lowest BCUT2D eigenvalue weighted by Crippen LogP contribution is -2.58. The molecule has 2 saturated heterocycles. The number of amides is 2. The maximum absolute atomic E-state index is 13.2. The van der Waals surface area contributed by atoms with E-state index in [1.807, 2.05) is 32.7 Å². The average Bonchev–Trinajstić information content (AvgIpc) is 2.77. The van der Waals surface area contributed by atoms with Gasteiger partial charge < -0.3 is 19.4 Å². The minimum atomic E-state index is -0.595. The molecule has 148 valence electrons. The lowest BCUT2D eigenvalue weighted by atomic mass is 9.85. The number of piperidine rings is 1. The van der Waals surface area contributed by atoms with Crippen molar-refractivity contribution in [1.82, 2.24) is 9.80 Å². The number of carbonyl (C=O) groups is 2. The molecule has 6 nitrogen and oxygen atoms in total. The number of nitrogens with zero attached hydrogens (tertiary/aromatic N) is 3. The van der Waals surface area contributed by atoms with Crippen molar-refractivity contribution in [2.75, 3.05) is 25.0 Å². The molecule has 0 N–H and O–H groups in total. The first-order valence-electron chi connectivity index (χ1n) is 9.66. The van der Waals surface area contributed by atoms with E-state index >= 15 is 0 Å². The van der Waals surface area contributed by atoms with E-state index in [-0.39, 0.29) is 18.2 Å². The highest BCUT2D eigenvalue weighted by molar-refractivity contribution is 5.94. The molecule has 0 aromatic heterocycles. The van der Waals surface area contributed by atoms with Crippen molar-refractivity contribution in [1.29, 1.82) is 0 Å². The van der Waals surface area contributed by atoms with E-state index in [1.54, 1.807) is 4.90 Å². The first kappa shape index (κ1) is 19.5. The number of likely N-dealkylation sites (tertiary alicyclic amines) is 1. The molecule has 0 radical (unpaired) electrons. The Morgan fingerprint density at radius 1 is 1.15 bits per heavy atom. The molecule has 1 unspecified atom stereocenters. The van der Waals surface area contributed by atoms with Crippen LogP contribution in [0, 0.1) is 6.92 Å². The van der Waals surface area contributed by atoms with Gasteiger partial charge in [0, 0.05) is 25.8 Å². The van der Waals surface area contributed by atoms with Crippen molar-refractivity contribution in [3.63, 3.8) is 0 Å². The Hall–Kier alpha value is -2.24. The fourth-order valence-corrected chi connectivity index (χ4v) is 4.14. The number of hydrogen-bond donors (Lipinski definition) is 0.